The smallest absolute Gasteiger partial charge is 0.149 e. The van der Waals surface area contributed by atoms with Crippen LogP contribution in [0.5, 0.6) is 0 Å². The molecule has 1 heterocycles. The van der Waals surface area contributed by atoms with Gasteiger partial charge in [-0.15, -0.1) is 0 Å². The zero-order chi connectivity index (χ0) is 12.6. The normalized spacial score (nSPS) is 34.7. The number of ketones is 1. The summed E-state index contributed by atoms with van der Waals surface area (Å²) in [7, 11) is 0. The molecule has 1 aliphatic heterocycles. The Kier molecular flexibility index (Phi) is 3.63. The highest BCUT2D eigenvalue weighted by molar-refractivity contribution is 5.84. The number of hydrogen-bond donors (Lipinski definition) is 0. The molecule has 3 unspecified atom stereocenters. The number of carbonyl (C=O) groups excluding carboxylic acids is 1. The number of Topliss-reactive ketones (excluding diaryl/α,β-unsaturated/α-hetero) is 1. The summed E-state index contributed by atoms with van der Waals surface area (Å²) >= 11 is 0. The van der Waals surface area contributed by atoms with Crippen molar-refractivity contribution < 1.29 is 4.79 Å². The minimum atomic E-state index is 0.131. The summed E-state index contributed by atoms with van der Waals surface area (Å²) in [5.41, 5.74) is 0.131. The summed E-state index contributed by atoms with van der Waals surface area (Å²) in [5.74, 6) is 1.23. The molecule has 0 radical (unpaired) electrons. The Hall–Kier alpha value is -0.370. The lowest BCUT2D eigenvalue weighted by Gasteiger charge is -2.42. The minimum Gasteiger partial charge on any atom is -0.298 e. The first-order chi connectivity index (χ1) is 7.95. The van der Waals surface area contributed by atoms with Crippen LogP contribution >= 0.6 is 0 Å². The Morgan fingerprint density at radius 2 is 1.88 bits per heavy atom. The molecule has 0 spiro atoms. The second-order valence-corrected chi connectivity index (χ2v) is 6.76. The van der Waals surface area contributed by atoms with Crippen LogP contribution in [0.4, 0.5) is 0 Å². The number of carbonyl (C=O) groups is 1. The fourth-order valence-corrected chi connectivity index (χ4v) is 3.95. The van der Waals surface area contributed by atoms with Gasteiger partial charge in [0.1, 0.15) is 5.78 Å². The van der Waals surface area contributed by atoms with Crippen LogP contribution < -0.4 is 0 Å². The van der Waals surface area contributed by atoms with Crippen molar-refractivity contribution in [2.75, 3.05) is 0 Å². The van der Waals surface area contributed by atoms with Gasteiger partial charge in [-0.05, 0) is 46.0 Å². The van der Waals surface area contributed by atoms with Crippen molar-refractivity contribution in [3.63, 3.8) is 0 Å². The Balaban J connectivity index is 2.24. The van der Waals surface area contributed by atoms with E-state index in [1.165, 1.54) is 25.7 Å². The molecule has 17 heavy (non-hydrogen) atoms. The van der Waals surface area contributed by atoms with Gasteiger partial charge in [-0.1, -0.05) is 19.8 Å². The highest BCUT2D eigenvalue weighted by Gasteiger charge is 2.48. The van der Waals surface area contributed by atoms with E-state index in [9.17, 15) is 4.79 Å². The van der Waals surface area contributed by atoms with Crippen molar-refractivity contribution >= 4 is 5.78 Å². The highest BCUT2D eigenvalue weighted by atomic mass is 16.1. The maximum absolute atomic E-state index is 12.2. The van der Waals surface area contributed by atoms with Gasteiger partial charge in [0, 0.05) is 18.0 Å². The van der Waals surface area contributed by atoms with Gasteiger partial charge < -0.3 is 0 Å². The Morgan fingerprint density at radius 1 is 1.24 bits per heavy atom. The minimum absolute atomic E-state index is 0.131. The lowest BCUT2D eigenvalue weighted by Crippen LogP contribution is -2.52. The number of fused-ring (bicyclic) bond motifs is 1. The summed E-state index contributed by atoms with van der Waals surface area (Å²) in [5, 5.41) is 0. The summed E-state index contributed by atoms with van der Waals surface area (Å²) in [6.45, 7) is 8.80. The van der Waals surface area contributed by atoms with Crippen molar-refractivity contribution in [1.29, 1.82) is 0 Å². The average molecular weight is 237 g/mol. The van der Waals surface area contributed by atoms with Crippen molar-refractivity contribution in [2.24, 2.45) is 5.92 Å². The van der Waals surface area contributed by atoms with Gasteiger partial charge in [-0.2, -0.15) is 0 Å². The van der Waals surface area contributed by atoms with Crippen LogP contribution in [-0.4, -0.2) is 28.3 Å². The number of hydrogen-bond acceptors (Lipinski definition) is 2. The Bertz CT molecular complexity index is 292. The van der Waals surface area contributed by atoms with E-state index in [2.05, 4.69) is 25.7 Å². The molecule has 0 amide bonds. The van der Waals surface area contributed by atoms with E-state index in [0.29, 0.717) is 18.2 Å². The molecule has 1 aliphatic carbocycles. The summed E-state index contributed by atoms with van der Waals surface area (Å²) in [6.07, 6.45) is 7.17. The van der Waals surface area contributed by atoms with Crippen LogP contribution in [0.15, 0.2) is 0 Å². The zero-order valence-corrected chi connectivity index (χ0v) is 11.8. The molecular formula is C15H27NO. The predicted octanol–water partition coefficient (Wildman–Crippen LogP) is 3.40. The van der Waals surface area contributed by atoms with E-state index < -0.39 is 0 Å². The molecular weight excluding hydrogens is 210 g/mol. The molecule has 0 aromatic heterocycles. The van der Waals surface area contributed by atoms with Crippen LogP contribution in [0.1, 0.15) is 66.2 Å². The molecule has 2 heteroatoms. The fraction of sp³-hybridized carbons (Fsp3) is 0.933. The molecule has 3 atom stereocenters. The van der Waals surface area contributed by atoms with E-state index >= 15 is 0 Å². The van der Waals surface area contributed by atoms with Crippen molar-refractivity contribution in [3.05, 3.63) is 0 Å². The first-order valence-corrected chi connectivity index (χ1v) is 7.26. The van der Waals surface area contributed by atoms with E-state index in [4.69, 9.17) is 0 Å². The first-order valence-electron chi connectivity index (χ1n) is 7.26. The number of rotatable bonds is 2. The average Bonchev–Trinajstić information content (AvgIpc) is 2.66. The molecule has 98 valence electrons. The monoisotopic (exact) mass is 237 g/mol. The molecule has 2 fully saturated rings. The van der Waals surface area contributed by atoms with Crippen LogP contribution in [-0.2, 0) is 4.79 Å². The lowest BCUT2D eigenvalue weighted by atomic mass is 9.84. The van der Waals surface area contributed by atoms with Crippen molar-refractivity contribution in [1.82, 2.24) is 4.90 Å². The van der Waals surface area contributed by atoms with Gasteiger partial charge >= 0.3 is 0 Å². The van der Waals surface area contributed by atoms with Gasteiger partial charge in [-0.3, -0.25) is 9.69 Å². The van der Waals surface area contributed by atoms with Crippen molar-refractivity contribution in [2.45, 2.75) is 83.8 Å². The Labute approximate surface area is 106 Å². The molecule has 2 aliphatic rings. The largest absolute Gasteiger partial charge is 0.298 e. The SMILES string of the molecule is CCC(=O)C1CC2CCCCC2N1C(C)(C)C. The molecule has 2 nitrogen and oxygen atoms in total. The summed E-state index contributed by atoms with van der Waals surface area (Å²) < 4.78 is 0. The van der Waals surface area contributed by atoms with Crippen LogP contribution in [0.3, 0.4) is 0 Å². The highest BCUT2D eigenvalue weighted by Crippen LogP contribution is 2.43. The predicted molar refractivity (Wildman–Crippen MR) is 71.0 cm³/mol. The summed E-state index contributed by atoms with van der Waals surface area (Å²) in [4.78, 5) is 14.7. The quantitative estimate of drug-likeness (QED) is 0.733. The van der Waals surface area contributed by atoms with E-state index in [0.717, 1.165) is 12.3 Å². The van der Waals surface area contributed by atoms with Gasteiger partial charge in [0.25, 0.3) is 0 Å². The van der Waals surface area contributed by atoms with E-state index in [-0.39, 0.29) is 11.6 Å². The van der Waals surface area contributed by atoms with Crippen LogP contribution in [0.25, 0.3) is 0 Å². The second kappa shape index (κ2) is 4.72. The van der Waals surface area contributed by atoms with E-state index in [1.54, 1.807) is 0 Å². The standard InChI is InChI=1S/C15H27NO/c1-5-14(17)13-10-11-8-6-7-9-12(11)16(13)15(2,3)4/h11-13H,5-10H2,1-4H3. The molecule has 2 rings (SSSR count). The maximum Gasteiger partial charge on any atom is 0.149 e. The molecule has 0 bridgehead atoms. The molecule has 1 saturated heterocycles. The number of nitrogens with zero attached hydrogens (tertiary/aromatic N) is 1. The third-order valence-corrected chi connectivity index (χ3v) is 4.58. The zero-order valence-electron chi connectivity index (χ0n) is 11.8. The van der Waals surface area contributed by atoms with Gasteiger partial charge in [0.2, 0.25) is 0 Å². The second-order valence-electron chi connectivity index (χ2n) is 6.76. The van der Waals surface area contributed by atoms with Crippen LogP contribution in [0, 0.1) is 5.92 Å². The van der Waals surface area contributed by atoms with Gasteiger partial charge in [0.15, 0.2) is 0 Å². The van der Waals surface area contributed by atoms with Crippen molar-refractivity contribution in [3.8, 4) is 0 Å². The third-order valence-electron chi connectivity index (χ3n) is 4.58. The van der Waals surface area contributed by atoms with E-state index in [1.807, 2.05) is 6.92 Å². The Morgan fingerprint density at radius 3 is 2.47 bits per heavy atom. The lowest BCUT2D eigenvalue weighted by molar-refractivity contribution is -0.125. The number of likely N-dealkylation sites (tertiary alicyclic amines) is 1. The van der Waals surface area contributed by atoms with Crippen LogP contribution in [0.2, 0.25) is 0 Å². The fourth-order valence-electron chi connectivity index (χ4n) is 3.95. The van der Waals surface area contributed by atoms with Gasteiger partial charge in [0.05, 0.1) is 6.04 Å². The maximum atomic E-state index is 12.2. The summed E-state index contributed by atoms with van der Waals surface area (Å²) in [6, 6.07) is 0.873. The third kappa shape index (κ3) is 2.42. The molecule has 0 aromatic rings. The first kappa shape index (κ1) is 13.1. The molecule has 1 saturated carbocycles. The molecule has 0 N–H and O–H groups in total. The topological polar surface area (TPSA) is 20.3 Å². The van der Waals surface area contributed by atoms with Gasteiger partial charge in [-0.25, -0.2) is 0 Å². The molecule has 0 aromatic carbocycles.